The molecule has 0 saturated heterocycles. The van der Waals surface area contributed by atoms with Crippen LogP contribution in [0.2, 0.25) is 0 Å². The summed E-state index contributed by atoms with van der Waals surface area (Å²) in [6.07, 6.45) is 0. The first kappa shape index (κ1) is 15.7. The normalized spacial score (nSPS) is 10.7. The highest BCUT2D eigenvalue weighted by Crippen LogP contribution is 2.29. The number of hydrogen-bond donors (Lipinski definition) is 1. The quantitative estimate of drug-likeness (QED) is 0.557. The van der Waals surface area contributed by atoms with Gasteiger partial charge in [0.1, 0.15) is 0 Å². The number of thioether (sulfide) groups is 1. The third kappa shape index (κ3) is 3.97. The molecule has 3 aromatic rings. The molecule has 0 aliphatic heterocycles. The average molecular weight is 342 g/mol. The summed E-state index contributed by atoms with van der Waals surface area (Å²) < 4.78 is 1.99. The molecule has 0 saturated carbocycles. The molecule has 23 heavy (non-hydrogen) atoms. The van der Waals surface area contributed by atoms with Crippen molar-refractivity contribution < 1.29 is 9.59 Å². The number of nitrogens with one attached hydrogen (secondary N) is 1. The van der Waals surface area contributed by atoms with Crippen LogP contribution in [0.3, 0.4) is 0 Å². The second-order valence-corrected chi connectivity index (χ2v) is 7.17. The first-order chi connectivity index (χ1) is 11.1. The number of amides is 1. The van der Waals surface area contributed by atoms with Gasteiger partial charge in [-0.2, -0.15) is 0 Å². The number of para-hydroxylation sites is 1. The standard InChI is InChI=1S/C17H14N2O2S2/c1-11(20)12-5-4-6-13(9-12)18-16(21)10-22-17-19-14-7-2-3-8-15(14)23-17/h2-9H,10H2,1H3,(H,18,21). The highest BCUT2D eigenvalue weighted by atomic mass is 32.2. The molecule has 0 aliphatic carbocycles. The van der Waals surface area contributed by atoms with Gasteiger partial charge in [0, 0.05) is 11.3 Å². The van der Waals surface area contributed by atoms with Crippen molar-refractivity contribution in [2.24, 2.45) is 0 Å². The molecular weight excluding hydrogens is 328 g/mol. The van der Waals surface area contributed by atoms with Crippen LogP contribution in [0.25, 0.3) is 10.2 Å². The van der Waals surface area contributed by atoms with E-state index in [9.17, 15) is 9.59 Å². The number of ketones is 1. The van der Waals surface area contributed by atoms with E-state index in [1.54, 1.807) is 35.6 Å². The molecular formula is C17H14N2O2S2. The minimum absolute atomic E-state index is 0.0232. The average Bonchev–Trinajstić information content (AvgIpc) is 2.96. The van der Waals surface area contributed by atoms with Gasteiger partial charge in [-0.1, -0.05) is 36.0 Å². The summed E-state index contributed by atoms with van der Waals surface area (Å²) in [6, 6.07) is 14.8. The van der Waals surface area contributed by atoms with E-state index in [0.717, 1.165) is 14.6 Å². The number of Topliss-reactive ketones (excluding diaryl/α,β-unsaturated/α-hetero) is 1. The van der Waals surface area contributed by atoms with Crippen LogP contribution in [-0.4, -0.2) is 22.4 Å². The van der Waals surface area contributed by atoms with Crippen LogP contribution in [-0.2, 0) is 4.79 Å². The number of thiazole rings is 1. The minimum Gasteiger partial charge on any atom is -0.325 e. The van der Waals surface area contributed by atoms with Gasteiger partial charge in [0.25, 0.3) is 0 Å². The smallest absolute Gasteiger partial charge is 0.234 e. The topological polar surface area (TPSA) is 59.1 Å². The Kier molecular flexibility index (Phi) is 4.73. The molecule has 0 aliphatic rings. The Balaban J connectivity index is 1.61. The SMILES string of the molecule is CC(=O)c1cccc(NC(=O)CSc2nc3ccccc3s2)c1. The van der Waals surface area contributed by atoms with E-state index >= 15 is 0 Å². The highest BCUT2D eigenvalue weighted by Gasteiger charge is 2.08. The number of rotatable bonds is 5. The molecule has 2 aromatic carbocycles. The van der Waals surface area contributed by atoms with Crippen LogP contribution in [0.4, 0.5) is 5.69 Å². The molecule has 116 valence electrons. The summed E-state index contributed by atoms with van der Waals surface area (Å²) >= 11 is 2.99. The van der Waals surface area contributed by atoms with Gasteiger partial charge < -0.3 is 5.32 Å². The van der Waals surface area contributed by atoms with Crippen molar-refractivity contribution in [3.8, 4) is 0 Å². The van der Waals surface area contributed by atoms with Gasteiger partial charge in [0.05, 0.1) is 16.0 Å². The Morgan fingerprint density at radius 2 is 2.00 bits per heavy atom. The van der Waals surface area contributed by atoms with Crippen molar-refractivity contribution in [1.82, 2.24) is 4.98 Å². The summed E-state index contributed by atoms with van der Waals surface area (Å²) in [6.45, 7) is 1.50. The monoisotopic (exact) mass is 342 g/mol. The van der Waals surface area contributed by atoms with Gasteiger partial charge in [-0.15, -0.1) is 11.3 Å². The number of hydrogen-bond acceptors (Lipinski definition) is 5. The van der Waals surface area contributed by atoms with E-state index in [4.69, 9.17) is 0 Å². The zero-order valence-electron chi connectivity index (χ0n) is 12.4. The van der Waals surface area contributed by atoms with E-state index in [1.165, 1.54) is 18.7 Å². The fourth-order valence-electron chi connectivity index (χ4n) is 2.05. The zero-order valence-corrected chi connectivity index (χ0v) is 14.0. The Morgan fingerprint density at radius 3 is 2.78 bits per heavy atom. The largest absolute Gasteiger partial charge is 0.325 e. The maximum Gasteiger partial charge on any atom is 0.234 e. The van der Waals surface area contributed by atoms with Gasteiger partial charge in [0.2, 0.25) is 5.91 Å². The lowest BCUT2D eigenvalue weighted by molar-refractivity contribution is -0.113. The van der Waals surface area contributed by atoms with E-state index in [2.05, 4.69) is 10.3 Å². The molecule has 0 radical (unpaired) electrons. The Morgan fingerprint density at radius 1 is 1.17 bits per heavy atom. The van der Waals surface area contributed by atoms with Crippen LogP contribution >= 0.6 is 23.1 Å². The summed E-state index contributed by atoms with van der Waals surface area (Å²) in [5.41, 5.74) is 2.17. The molecule has 1 N–H and O–H groups in total. The molecule has 6 heteroatoms. The van der Waals surface area contributed by atoms with Crippen LogP contribution in [0.15, 0.2) is 52.9 Å². The number of carbonyl (C=O) groups excluding carboxylic acids is 2. The molecule has 1 heterocycles. The summed E-state index contributed by atoms with van der Waals surface area (Å²) in [7, 11) is 0. The number of aromatic nitrogens is 1. The summed E-state index contributed by atoms with van der Waals surface area (Å²) in [5, 5.41) is 2.81. The predicted molar refractivity (Wildman–Crippen MR) is 95.4 cm³/mol. The molecule has 0 fully saturated rings. The molecule has 1 aromatic heterocycles. The van der Waals surface area contributed by atoms with Crippen molar-refractivity contribution in [2.75, 3.05) is 11.1 Å². The Hall–Kier alpha value is -2.18. The predicted octanol–water partition coefficient (Wildman–Crippen LogP) is 4.23. The fourth-order valence-corrected chi connectivity index (χ4v) is 3.92. The van der Waals surface area contributed by atoms with Crippen LogP contribution in [0, 0.1) is 0 Å². The molecule has 3 rings (SSSR count). The van der Waals surface area contributed by atoms with Gasteiger partial charge in [-0.3, -0.25) is 9.59 Å². The van der Waals surface area contributed by atoms with Crippen molar-refractivity contribution in [1.29, 1.82) is 0 Å². The fraction of sp³-hybridized carbons (Fsp3) is 0.118. The zero-order chi connectivity index (χ0) is 16.2. The summed E-state index contributed by atoms with van der Waals surface area (Å²) in [5.74, 6) is 0.143. The van der Waals surface area contributed by atoms with Crippen molar-refractivity contribution in [3.63, 3.8) is 0 Å². The lowest BCUT2D eigenvalue weighted by Crippen LogP contribution is -2.14. The lowest BCUT2D eigenvalue weighted by atomic mass is 10.1. The summed E-state index contributed by atoms with van der Waals surface area (Å²) in [4.78, 5) is 27.9. The van der Waals surface area contributed by atoms with Crippen LogP contribution in [0.5, 0.6) is 0 Å². The van der Waals surface area contributed by atoms with Crippen molar-refractivity contribution >= 4 is 50.7 Å². The van der Waals surface area contributed by atoms with E-state index in [1.807, 2.05) is 24.3 Å². The Labute approximate surface area is 141 Å². The van der Waals surface area contributed by atoms with Gasteiger partial charge in [-0.25, -0.2) is 4.98 Å². The van der Waals surface area contributed by atoms with Crippen molar-refractivity contribution in [2.45, 2.75) is 11.3 Å². The number of carbonyl (C=O) groups is 2. The maximum absolute atomic E-state index is 12.0. The van der Waals surface area contributed by atoms with Gasteiger partial charge in [0.15, 0.2) is 10.1 Å². The van der Waals surface area contributed by atoms with E-state index < -0.39 is 0 Å². The molecule has 1 amide bonds. The molecule has 0 atom stereocenters. The third-order valence-electron chi connectivity index (χ3n) is 3.15. The molecule has 0 unspecified atom stereocenters. The van der Waals surface area contributed by atoms with Gasteiger partial charge >= 0.3 is 0 Å². The number of benzene rings is 2. The first-order valence-corrected chi connectivity index (χ1v) is 8.81. The highest BCUT2D eigenvalue weighted by molar-refractivity contribution is 8.01. The molecule has 4 nitrogen and oxygen atoms in total. The van der Waals surface area contributed by atoms with Gasteiger partial charge in [-0.05, 0) is 31.2 Å². The van der Waals surface area contributed by atoms with Crippen LogP contribution in [0.1, 0.15) is 17.3 Å². The number of fused-ring (bicyclic) bond motifs is 1. The first-order valence-electron chi connectivity index (χ1n) is 7.01. The maximum atomic E-state index is 12.0. The van der Waals surface area contributed by atoms with Crippen molar-refractivity contribution in [3.05, 3.63) is 54.1 Å². The minimum atomic E-state index is -0.116. The van der Waals surface area contributed by atoms with E-state index in [-0.39, 0.29) is 17.4 Å². The third-order valence-corrected chi connectivity index (χ3v) is 5.33. The molecule has 0 spiro atoms. The second kappa shape index (κ2) is 6.93. The lowest BCUT2D eigenvalue weighted by Gasteiger charge is -2.05. The van der Waals surface area contributed by atoms with E-state index in [0.29, 0.717) is 11.3 Å². The van der Waals surface area contributed by atoms with Crippen LogP contribution < -0.4 is 5.32 Å². The Bertz CT molecular complexity index is 841. The molecule has 0 bridgehead atoms. The number of nitrogens with zero attached hydrogens (tertiary/aromatic N) is 1. The second-order valence-electron chi connectivity index (χ2n) is 4.92. The number of anilines is 1.